The van der Waals surface area contributed by atoms with Crippen LogP contribution in [0.3, 0.4) is 0 Å². The maximum Gasteiger partial charge on any atom is 0.338 e. The van der Waals surface area contributed by atoms with E-state index < -0.39 is 23.4 Å². The molecule has 2 rings (SSSR count). The first kappa shape index (κ1) is 21.9. The van der Waals surface area contributed by atoms with Crippen molar-refractivity contribution in [2.75, 3.05) is 13.2 Å². The van der Waals surface area contributed by atoms with Crippen LogP contribution in [0.5, 0.6) is 5.75 Å². The number of nitrogens with one attached hydrogen (secondary N) is 1. The Morgan fingerprint density at radius 2 is 1.83 bits per heavy atom. The topological polar surface area (TPSA) is 108 Å². The van der Waals surface area contributed by atoms with Crippen molar-refractivity contribution < 1.29 is 24.0 Å². The van der Waals surface area contributed by atoms with Gasteiger partial charge >= 0.3 is 11.7 Å². The third-order valence-corrected chi connectivity index (χ3v) is 4.29. The molecule has 0 bridgehead atoms. The zero-order valence-electron chi connectivity index (χ0n) is 16.6. The first-order valence-corrected chi connectivity index (χ1v) is 9.32. The summed E-state index contributed by atoms with van der Waals surface area (Å²) in [6.07, 6.45) is 0.931. The third-order valence-electron chi connectivity index (χ3n) is 4.29. The van der Waals surface area contributed by atoms with Gasteiger partial charge in [0.25, 0.3) is 5.91 Å². The molecule has 0 aliphatic rings. The van der Waals surface area contributed by atoms with Crippen molar-refractivity contribution in [3.8, 4) is 5.75 Å². The molecule has 0 heterocycles. The Morgan fingerprint density at radius 1 is 1.14 bits per heavy atom. The van der Waals surface area contributed by atoms with Crippen LogP contribution in [0.25, 0.3) is 0 Å². The molecule has 1 N–H and O–H groups in total. The number of ether oxygens (including phenoxy) is 2. The lowest BCUT2D eigenvalue weighted by Gasteiger charge is -2.15. The first-order chi connectivity index (χ1) is 13.8. The van der Waals surface area contributed by atoms with Crippen LogP contribution in [0.2, 0.25) is 0 Å². The molecular formula is C21H24N2O6. The van der Waals surface area contributed by atoms with Crippen LogP contribution in [0.1, 0.15) is 48.3 Å². The number of carbonyl (C=O) groups is 2. The summed E-state index contributed by atoms with van der Waals surface area (Å²) in [5, 5.41) is 13.9. The van der Waals surface area contributed by atoms with Gasteiger partial charge in [-0.05, 0) is 43.5 Å². The van der Waals surface area contributed by atoms with E-state index >= 15 is 0 Å². The number of esters is 1. The fourth-order valence-corrected chi connectivity index (χ4v) is 2.69. The fraction of sp³-hybridized carbons (Fsp3) is 0.333. The lowest BCUT2D eigenvalue weighted by molar-refractivity contribution is -0.385. The number of carbonyl (C=O) groups excluding carboxylic acids is 2. The zero-order chi connectivity index (χ0) is 21.4. The summed E-state index contributed by atoms with van der Waals surface area (Å²) in [4.78, 5) is 34.7. The van der Waals surface area contributed by atoms with E-state index in [1.165, 1.54) is 17.7 Å². The molecule has 2 aromatic rings. The van der Waals surface area contributed by atoms with Crippen LogP contribution in [0.15, 0.2) is 42.5 Å². The van der Waals surface area contributed by atoms with E-state index in [9.17, 15) is 19.7 Å². The molecule has 1 atom stereocenters. The van der Waals surface area contributed by atoms with Gasteiger partial charge in [-0.3, -0.25) is 14.9 Å². The largest absolute Gasteiger partial charge is 0.487 e. The van der Waals surface area contributed by atoms with E-state index in [-0.39, 0.29) is 29.6 Å². The van der Waals surface area contributed by atoms with Gasteiger partial charge in [0, 0.05) is 6.07 Å². The van der Waals surface area contributed by atoms with Crippen molar-refractivity contribution in [1.82, 2.24) is 5.32 Å². The van der Waals surface area contributed by atoms with Gasteiger partial charge in [-0.1, -0.05) is 31.2 Å². The van der Waals surface area contributed by atoms with Crippen LogP contribution >= 0.6 is 0 Å². The van der Waals surface area contributed by atoms with Crippen LogP contribution < -0.4 is 10.1 Å². The van der Waals surface area contributed by atoms with Gasteiger partial charge in [-0.2, -0.15) is 0 Å². The van der Waals surface area contributed by atoms with E-state index in [4.69, 9.17) is 9.47 Å². The molecule has 0 saturated heterocycles. The molecule has 29 heavy (non-hydrogen) atoms. The summed E-state index contributed by atoms with van der Waals surface area (Å²) in [6, 6.07) is 11.4. The molecule has 0 aromatic heterocycles. The second kappa shape index (κ2) is 10.2. The Bertz CT molecular complexity index is 879. The quantitative estimate of drug-likeness (QED) is 0.391. The zero-order valence-corrected chi connectivity index (χ0v) is 16.6. The van der Waals surface area contributed by atoms with Crippen molar-refractivity contribution in [1.29, 1.82) is 0 Å². The highest BCUT2D eigenvalue weighted by Gasteiger charge is 2.20. The predicted molar refractivity (Wildman–Crippen MR) is 107 cm³/mol. The number of rotatable bonds is 9. The molecule has 0 aliphatic heterocycles. The Labute approximate surface area is 169 Å². The summed E-state index contributed by atoms with van der Waals surface area (Å²) in [6.45, 7) is 5.36. The Kier molecular flexibility index (Phi) is 7.70. The van der Waals surface area contributed by atoms with Gasteiger partial charge in [-0.15, -0.1) is 0 Å². The molecule has 8 nitrogen and oxygen atoms in total. The smallest absolute Gasteiger partial charge is 0.338 e. The van der Waals surface area contributed by atoms with Gasteiger partial charge in [0.2, 0.25) is 0 Å². The minimum Gasteiger partial charge on any atom is -0.487 e. The average molecular weight is 400 g/mol. The average Bonchev–Trinajstić information content (AvgIpc) is 2.72. The van der Waals surface area contributed by atoms with E-state index in [0.717, 1.165) is 18.1 Å². The maximum absolute atomic E-state index is 12.2. The number of nitro benzene ring substituents is 1. The lowest BCUT2D eigenvalue weighted by Crippen LogP contribution is -2.31. The molecule has 8 heteroatoms. The Balaban J connectivity index is 1.94. The first-order valence-electron chi connectivity index (χ1n) is 9.32. The van der Waals surface area contributed by atoms with E-state index in [1.807, 2.05) is 31.2 Å². The van der Waals surface area contributed by atoms with Crippen molar-refractivity contribution in [3.05, 3.63) is 69.3 Å². The van der Waals surface area contributed by atoms with Gasteiger partial charge in [0.1, 0.15) is 0 Å². The van der Waals surface area contributed by atoms with Crippen LogP contribution in [0, 0.1) is 10.1 Å². The molecule has 0 fully saturated rings. The summed E-state index contributed by atoms with van der Waals surface area (Å²) in [5.74, 6) is -1.23. The molecule has 0 aliphatic carbocycles. The monoisotopic (exact) mass is 400 g/mol. The highest BCUT2D eigenvalue weighted by Crippen LogP contribution is 2.28. The van der Waals surface area contributed by atoms with Crippen molar-refractivity contribution in [2.24, 2.45) is 0 Å². The SMILES string of the molecule is CCOc1ccc(C(=O)OCC(=O)N[C@@H](C)c2ccc(CC)cc2)cc1[N+](=O)[O-]. The van der Waals surface area contributed by atoms with E-state index in [1.54, 1.807) is 6.92 Å². The highest BCUT2D eigenvalue weighted by atomic mass is 16.6. The van der Waals surface area contributed by atoms with Gasteiger partial charge < -0.3 is 14.8 Å². The number of benzene rings is 2. The number of aryl methyl sites for hydroxylation is 1. The summed E-state index contributed by atoms with van der Waals surface area (Å²) in [7, 11) is 0. The number of hydrogen-bond donors (Lipinski definition) is 1. The molecule has 154 valence electrons. The summed E-state index contributed by atoms with van der Waals surface area (Å²) in [5.41, 5.74) is 1.76. The molecule has 0 unspecified atom stereocenters. The molecule has 0 radical (unpaired) electrons. The van der Waals surface area contributed by atoms with Crippen molar-refractivity contribution in [2.45, 2.75) is 33.2 Å². The summed E-state index contributed by atoms with van der Waals surface area (Å²) < 4.78 is 10.2. The fourth-order valence-electron chi connectivity index (χ4n) is 2.69. The van der Waals surface area contributed by atoms with Crippen LogP contribution in [-0.2, 0) is 16.0 Å². The van der Waals surface area contributed by atoms with Crippen LogP contribution in [-0.4, -0.2) is 30.0 Å². The number of hydrogen-bond acceptors (Lipinski definition) is 6. The molecular weight excluding hydrogens is 376 g/mol. The highest BCUT2D eigenvalue weighted by molar-refractivity contribution is 5.92. The normalized spacial score (nSPS) is 11.4. The number of amides is 1. The maximum atomic E-state index is 12.2. The second-order valence-corrected chi connectivity index (χ2v) is 6.33. The van der Waals surface area contributed by atoms with Gasteiger partial charge in [0.05, 0.1) is 23.1 Å². The predicted octanol–water partition coefficient (Wildman–Crippen LogP) is 3.59. The number of nitrogens with zero attached hydrogens (tertiary/aromatic N) is 1. The minimum atomic E-state index is -0.828. The second-order valence-electron chi connectivity index (χ2n) is 6.33. The lowest BCUT2D eigenvalue weighted by atomic mass is 10.1. The van der Waals surface area contributed by atoms with Crippen molar-refractivity contribution in [3.63, 3.8) is 0 Å². The van der Waals surface area contributed by atoms with Gasteiger partial charge in [-0.25, -0.2) is 4.79 Å². The van der Waals surface area contributed by atoms with E-state index in [2.05, 4.69) is 12.2 Å². The standard InChI is InChI=1S/C21H24N2O6/c1-4-15-6-8-16(9-7-15)14(3)22-20(24)13-29-21(25)17-10-11-19(28-5-2)18(12-17)23(26)27/h6-12,14H,4-5,13H2,1-3H3,(H,22,24)/t14-/m0/s1. The number of nitro groups is 1. The van der Waals surface area contributed by atoms with Gasteiger partial charge in [0.15, 0.2) is 12.4 Å². The minimum absolute atomic E-state index is 0.0313. The van der Waals surface area contributed by atoms with E-state index in [0.29, 0.717) is 0 Å². The molecule has 0 saturated carbocycles. The Hall–Kier alpha value is -3.42. The Morgan fingerprint density at radius 3 is 2.41 bits per heavy atom. The third kappa shape index (κ3) is 6.03. The van der Waals surface area contributed by atoms with Crippen LogP contribution in [0.4, 0.5) is 5.69 Å². The summed E-state index contributed by atoms with van der Waals surface area (Å²) >= 11 is 0. The molecule has 2 aromatic carbocycles. The molecule has 1 amide bonds. The molecule has 0 spiro atoms. The van der Waals surface area contributed by atoms with Crippen molar-refractivity contribution >= 4 is 17.6 Å².